The van der Waals surface area contributed by atoms with Gasteiger partial charge in [-0.15, -0.1) is 0 Å². The Labute approximate surface area is 252 Å². The quantitative estimate of drug-likeness (QED) is 0.178. The maximum absolute atomic E-state index is 5.98. The van der Waals surface area contributed by atoms with Crippen LogP contribution in [0.15, 0.2) is 94.4 Å². The lowest BCUT2D eigenvalue weighted by Gasteiger charge is -2.43. The molecule has 41 heavy (non-hydrogen) atoms. The maximum Gasteiger partial charge on any atom is 0.175 e. The normalized spacial score (nSPS) is 17.9. The van der Waals surface area contributed by atoms with Crippen molar-refractivity contribution in [3.05, 3.63) is 117 Å². The van der Waals surface area contributed by atoms with Gasteiger partial charge < -0.3 is 14.4 Å². The van der Waals surface area contributed by atoms with E-state index in [0.29, 0.717) is 25.0 Å². The smallest absolute Gasteiger partial charge is 0.175 e. The SMILES string of the molecule is CCCOc1c(Br)cc(C=Nc2cc3c4c(c2)[C@@H](c2ccccc2)CCN4CC[C@@H]3c2ccccc2)cc1OCC. The Bertz CT molecular complexity index is 1450. The summed E-state index contributed by atoms with van der Waals surface area (Å²) in [4.78, 5) is 7.68. The van der Waals surface area contributed by atoms with Crippen molar-refractivity contribution in [3.63, 3.8) is 0 Å². The average Bonchev–Trinajstić information content (AvgIpc) is 3.01. The third-order valence-electron chi connectivity index (χ3n) is 8.14. The monoisotopic (exact) mass is 608 g/mol. The van der Waals surface area contributed by atoms with Gasteiger partial charge in [0.15, 0.2) is 11.5 Å². The largest absolute Gasteiger partial charge is 0.490 e. The molecular formula is C36H37BrN2O2. The average molecular weight is 610 g/mol. The van der Waals surface area contributed by atoms with Crippen molar-refractivity contribution in [2.24, 2.45) is 4.99 Å². The lowest BCUT2D eigenvalue weighted by atomic mass is 9.76. The van der Waals surface area contributed by atoms with Crippen molar-refractivity contribution in [2.45, 2.75) is 44.9 Å². The number of hydrogen-bond acceptors (Lipinski definition) is 4. The van der Waals surface area contributed by atoms with E-state index in [2.05, 4.69) is 107 Å². The van der Waals surface area contributed by atoms with Crippen LogP contribution in [0.4, 0.5) is 11.4 Å². The Morgan fingerprint density at radius 3 is 2.00 bits per heavy atom. The predicted octanol–water partition coefficient (Wildman–Crippen LogP) is 9.26. The Balaban J connectivity index is 1.44. The molecule has 210 valence electrons. The highest BCUT2D eigenvalue weighted by molar-refractivity contribution is 9.10. The summed E-state index contributed by atoms with van der Waals surface area (Å²) < 4.78 is 12.8. The van der Waals surface area contributed by atoms with Crippen molar-refractivity contribution in [3.8, 4) is 11.5 Å². The van der Waals surface area contributed by atoms with Crippen LogP contribution >= 0.6 is 15.9 Å². The lowest BCUT2D eigenvalue weighted by molar-refractivity contribution is 0.275. The number of ether oxygens (including phenoxy) is 2. The van der Waals surface area contributed by atoms with Crippen LogP contribution in [0.3, 0.4) is 0 Å². The molecular weight excluding hydrogens is 572 g/mol. The molecule has 2 aliphatic heterocycles. The second-order valence-electron chi connectivity index (χ2n) is 10.8. The number of halogens is 1. The molecule has 0 spiro atoms. The summed E-state index contributed by atoms with van der Waals surface area (Å²) in [5, 5.41) is 0. The van der Waals surface area contributed by atoms with Gasteiger partial charge in [-0.2, -0.15) is 0 Å². The van der Waals surface area contributed by atoms with E-state index < -0.39 is 0 Å². The number of benzene rings is 4. The van der Waals surface area contributed by atoms with E-state index in [-0.39, 0.29) is 0 Å². The summed E-state index contributed by atoms with van der Waals surface area (Å²) in [6.07, 6.45) is 5.12. The van der Waals surface area contributed by atoms with Crippen molar-refractivity contribution in [1.29, 1.82) is 0 Å². The minimum atomic E-state index is 0.361. The summed E-state index contributed by atoms with van der Waals surface area (Å²) in [5.74, 6) is 2.21. The van der Waals surface area contributed by atoms with E-state index in [4.69, 9.17) is 14.5 Å². The van der Waals surface area contributed by atoms with Crippen LogP contribution in [-0.4, -0.2) is 32.5 Å². The highest BCUT2D eigenvalue weighted by Crippen LogP contribution is 2.50. The molecule has 4 nitrogen and oxygen atoms in total. The molecule has 6 rings (SSSR count). The first kappa shape index (κ1) is 27.6. The Morgan fingerprint density at radius 2 is 1.44 bits per heavy atom. The number of rotatable bonds is 9. The van der Waals surface area contributed by atoms with Crippen molar-refractivity contribution >= 4 is 33.5 Å². The first-order chi connectivity index (χ1) is 20.2. The molecule has 5 heteroatoms. The van der Waals surface area contributed by atoms with Crippen LogP contribution in [0, 0.1) is 0 Å². The molecule has 4 aromatic rings. The van der Waals surface area contributed by atoms with Gasteiger partial charge in [0, 0.05) is 36.8 Å². The third-order valence-corrected chi connectivity index (χ3v) is 8.73. The standard InChI is InChI=1S/C36H37BrN2O2/c1-3-19-41-36-33(37)20-25(21-34(36)40-4-2)24-38-28-22-31-29(26-11-7-5-8-12-26)15-17-39-18-16-30(32(23-28)35(31)39)27-13-9-6-10-14-27/h5-14,20-24,29-30H,3-4,15-19H2,1-2H3/t29-,30-/m1/s1. The summed E-state index contributed by atoms with van der Waals surface area (Å²) in [6, 6.07) is 30.7. The van der Waals surface area contributed by atoms with E-state index in [9.17, 15) is 0 Å². The highest BCUT2D eigenvalue weighted by Gasteiger charge is 2.35. The Kier molecular flexibility index (Phi) is 8.43. The first-order valence-corrected chi connectivity index (χ1v) is 15.6. The molecule has 0 bridgehead atoms. The molecule has 4 aromatic carbocycles. The van der Waals surface area contributed by atoms with E-state index in [0.717, 1.165) is 59.6 Å². The van der Waals surface area contributed by atoms with E-state index in [1.54, 1.807) is 0 Å². The minimum Gasteiger partial charge on any atom is -0.490 e. The van der Waals surface area contributed by atoms with E-state index in [1.807, 2.05) is 19.2 Å². The van der Waals surface area contributed by atoms with E-state index in [1.165, 1.54) is 27.9 Å². The molecule has 0 saturated heterocycles. The molecule has 0 amide bonds. The summed E-state index contributed by atoms with van der Waals surface area (Å²) in [7, 11) is 0. The first-order valence-electron chi connectivity index (χ1n) is 14.8. The number of aliphatic imine (C=N–C) groups is 1. The van der Waals surface area contributed by atoms with Crippen LogP contribution in [0.25, 0.3) is 0 Å². The van der Waals surface area contributed by atoms with Gasteiger partial charge >= 0.3 is 0 Å². The Morgan fingerprint density at radius 1 is 0.829 bits per heavy atom. The van der Waals surface area contributed by atoms with Gasteiger partial charge in [-0.25, -0.2) is 0 Å². The molecule has 0 radical (unpaired) electrons. The van der Waals surface area contributed by atoms with Gasteiger partial charge in [-0.3, -0.25) is 4.99 Å². The van der Waals surface area contributed by atoms with Gasteiger partial charge in [-0.1, -0.05) is 67.6 Å². The summed E-state index contributed by atoms with van der Waals surface area (Å²) >= 11 is 3.71. The van der Waals surface area contributed by atoms with Crippen LogP contribution in [0.2, 0.25) is 0 Å². The van der Waals surface area contributed by atoms with Crippen molar-refractivity contribution in [2.75, 3.05) is 31.2 Å². The topological polar surface area (TPSA) is 34.1 Å². The third kappa shape index (κ3) is 5.78. The fourth-order valence-electron chi connectivity index (χ4n) is 6.33. The molecule has 2 heterocycles. The van der Waals surface area contributed by atoms with Gasteiger partial charge in [0.05, 0.1) is 23.4 Å². The van der Waals surface area contributed by atoms with Gasteiger partial charge in [-0.05, 0) is 94.2 Å². The number of nitrogens with zero attached hydrogens (tertiary/aromatic N) is 2. The molecule has 2 aliphatic rings. The lowest BCUT2D eigenvalue weighted by Crippen LogP contribution is -2.37. The fraction of sp³-hybridized carbons (Fsp3) is 0.306. The summed E-state index contributed by atoms with van der Waals surface area (Å²) in [6.45, 7) is 7.49. The Hall–Kier alpha value is -3.57. The number of anilines is 1. The zero-order valence-corrected chi connectivity index (χ0v) is 25.4. The van der Waals surface area contributed by atoms with Crippen molar-refractivity contribution in [1.82, 2.24) is 0 Å². The summed E-state index contributed by atoms with van der Waals surface area (Å²) in [5.41, 5.74) is 8.93. The predicted molar refractivity (Wildman–Crippen MR) is 173 cm³/mol. The van der Waals surface area contributed by atoms with Crippen LogP contribution in [-0.2, 0) is 0 Å². The number of hydrogen-bond donors (Lipinski definition) is 0. The fourth-order valence-corrected chi connectivity index (χ4v) is 6.91. The van der Waals surface area contributed by atoms with Gasteiger partial charge in [0.1, 0.15) is 0 Å². The second kappa shape index (κ2) is 12.5. The van der Waals surface area contributed by atoms with Crippen LogP contribution in [0.1, 0.15) is 72.8 Å². The van der Waals surface area contributed by atoms with E-state index >= 15 is 0 Å². The molecule has 0 aromatic heterocycles. The van der Waals surface area contributed by atoms with Crippen molar-refractivity contribution < 1.29 is 9.47 Å². The molecule has 0 aliphatic carbocycles. The molecule has 0 N–H and O–H groups in total. The van der Waals surface area contributed by atoms with Crippen LogP contribution in [0.5, 0.6) is 11.5 Å². The minimum absolute atomic E-state index is 0.361. The molecule has 2 atom stereocenters. The zero-order chi connectivity index (χ0) is 28.2. The second-order valence-corrected chi connectivity index (χ2v) is 11.7. The molecule has 0 fully saturated rings. The maximum atomic E-state index is 5.98. The van der Waals surface area contributed by atoms with Crippen LogP contribution < -0.4 is 14.4 Å². The van der Waals surface area contributed by atoms with Gasteiger partial charge in [0.2, 0.25) is 0 Å². The van der Waals surface area contributed by atoms with Gasteiger partial charge in [0.25, 0.3) is 0 Å². The highest BCUT2D eigenvalue weighted by atomic mass is 79.9. The molecule has 0 unspecified atom stereocenters. The molecule has 0 saturated carbocycles. The zero-order valence-electron chi connectivity index (χ0n) is 23.9.